The zero-order valence-corrected chi connectivity index (χ0v) is 10.8. The molecule has 0 saturated heterocycles. The van der Waals surface area contributed by atoms with Crippen LogP contribution in [0.2, 0.25) is 5.02 Å². The van der Waals surface area contributed by atoms with Crippen molar-refractivity contribution in [3.63, 3.8) is 0 Å². The fourth-order valence-corrected chi connectivity index (χ4v) is 2.52. The number of hydrogen-bond acceptors (Lipinski definition) is 4. The molecule has 1 aliphatic rings. The second kappa shape index (κ2) is 5.06. The molecule has 0 bridgehead atoms. The molecule has 4 nitrogen and oxygen atoms in total. The molecule has 1 amide bonds. The third kappa shape index (κ3) is 2.79. The van der Waals surface area contributed by atoms with Crippen molar-refractivity contribution in [1.82, 2.24) is 0 Å². The Bertz CT molecular complexity index is 453. The predicted molar refractivity (Wildman–Crippen MR) is 67.0 cm³/mol. The van der Waals surface area contributed by atoms with Gasteiger partial charge in [-0.25, -0.2) is 0 Å². The fraction of sp³-hybridized carbons (Fsp3) is 0.364. The number of carbonyl (C=O) groups is 1. The molecule has 1 heterocycles. The van der Waals surface area contributed by atoms with E-state index in [0.717, 1.165) is 4.90 Å². The van der Waals surface area contributed by atoms with Crippen molar-refractivity contribution in [3.05, 3.63) is 17.2 Å². The molecule has 6 heteroatoms. The third-order valence-electron chi connectivity index (χ3n) is 2.30. The Morgan fingerprint density at radius 3 is 2.59 bits per heavy atom. The van der Waals surface area contributed by atoms with Gasteiger partial charge in [-0.2, -0.15) is 0 Å². The predicted octanol–water partition coefficient (Wildman–Crippen LogP) is 2.08. The summed E-state index contributed by atoms with van der Waals surface area (Å²) in [6, 6.07) is 3.48. The molecule has 1 aromatic carbocycles. The number of halogens is 1. The van der Waals surface area contributed by atoms with Crippen LogP contribution in [0.5, 0.6) is 11.5 Å². The number of fused-ring (bicyclic) bond motifs is 1. The Morgan fingerprint density at radius 1 is 1.41 bits per heavy atom. The van der Waals surface area contributed by atoms with Crippen LogP contribution in [0.3, 0.4) is 0 Å². The van der Waals surface area contributed by atoms with Gasteiger partial charge in [-0.3, -0.25) is 4.79 Å². The highest BCUT2D eigenvalue weighted by atomic mass is 35.5. The highest BCUT2D eigenvalue weighted by Gasteiger charge is 2.18. The standard InChI is InChI=1S/C11H12ClNO3S/c1-6(11(13)14)17-10-5-9-8(4-7(10)12)15-2-3-16-9/h4-6H,2-3H2,1H3,(H2,13,14). The van der Waals surface area contributed by atoms with E-state index in [-0.39, 0.29) is 11.2 Å². The average molecular weight is 274 g/mol. The Labute approximate surface area is 108 Å². The quantitative estimate of drug-likeness (QED) is 0.857. The molecular formula is C11H12ClNO3S. The summed E-state index contributed by atoms with van der Waals surface area (Å²) >= 11 is 7.41. The maximum absolute atomic E-state index is 11.0. The van der Waals surface area contributed by atoms with Crippen molar-refractivity contribution in [2.24, 2.45) is 5.73 Å². The second-order valence-corrected chi connectivity index (χ2v) is 5.38. The number of carbonyl (C=O) groups excluding carboxylic acids is 1. The van der Waals surface area contributed by atoms with Crippen LogP contribution in [0.1, 0.15) is 6.92 Å². The van der Waals surface area contributed by atoms with E-state index in [9.17, 15) is 4.79 Å². The summed E-state index contributed by atoms with van der Waals surface area (Å²) in [5, 5.41) is 0.197. The first-order chi connectivity index (χ1) is 8.08. The van der Waals surface area contributed by atoms with Crippen molar-refractivity contribution < 1.29 is 14.3 Å². The van der Waals surface area contributed by atoms with Gasteiger partial charge in [-0.15, -0.1) is 11.8 Å². The summed E-state index contributed by atoms with van der Waals surface area (Å²) < 4.78 is 10.8. The molecule has 92 valence electrons. The van der Waals surface area contributed by atoms with Crippen molar-refractivity contribution in [1.29, 1.82) is 0 Å². The normalized spacial score (nSPS) is 15.4. The largest absolute Gasteiger partial charge is 0.486 e. The van der Waals surface area contributed by atoms with Crippen LogP contribution >= 0.6 is 23.4 Å². The Balaban J connectivity index is 2.25. The van der Waals surface area contributed by atoms with Crippen LogP contribution in [-0.4, -0.2) is 24.4 Å². The lowest BCUT2D eigenvalue weighted by molar-refractivity contribution is -0.117. The summed E-state index contributed by atoms with van der Waals surface area (Å²) in [6.45, 7) is 2.78. The lowest BCUT2D eigenvalue weighted by Crippen LogP contribution is -2.22. The zero-order valence-electron chi connectivity index (χ0n) is 9.23. The number of benzene rings is 1. The molecule has 0 aromatic heterocycles. The third-order valence-corrected chi connectivity index (χ3v) is 3.90. The molecule has 0 radical (unpaired) electrons. The van der Waals surface area contributed by atoms with E-state index < -0.39 is 0 Å². The number of nitrogens with two attached hydrogens (primary N) is 1. The molecule has 2 rings (SSSR count). The van der Waals surface area contributed by atoms with E-state index in [4.69, 9.17) is 26.8 Å². The smallest absolute Gasteiger partial charge is 0.230 e. The fourth-order valence-electron chi connectivity index (χ4n) is 1.38. The first-order valence-corrected chi connectivity index (χ1v) is 6.39. The van der Waals surface area contributed by atoms with Crippen molar-refractivity contribution >= 4 is 29.3 Å². The van der Waals surface area contributed by atoms with Crippen LogP contribution in [0.4, 0.5) is 0 Å². The number of rotatable bonds is 3. The topological polar surface area (TPSA) is 61.6 Å². The molecule has 17 heavy (non-hydrogen) atoms. The average Bonchev–Trinajstić information content (AvgIpc) is 2.29. The second-order valence-electron chi connectivity index (χ2n) is 3.59. The van der Waals surface area contributed by atoms with E-state index in [1.807, 2.05) is 0 Å². The molecule has 1 aromatic rings. The lowest BCUT2D eigenvalue weighted by Gasteiger charge is -2.20. The summed E-state index contributed by atoms with van der Waals surface area (Å²) in [5.74, 6) is 0.915. The van der Waals surface area contributed by atoms with E-state index in [0.29, 0.717) is 29.7 Å². The monoisotopic (exact) mass is 273 g/mol. The lowest BCUT2D eigenvalue weighted by atomic mass is 10.3. The summed E-state index contributed by atoms with van der Waals surface area (Å²) in [7, 11) is 0. The van der Waals surface area contributed by atoms with Gasteiger partial charge in [0.1, 0.15) is 13.2 Å². The van der Waals surface area contributed by atoms with Crippen LogP contribution in [0.25, 0.3) is 0 Å². The first kappa shape index (κ1) is 12.4. The summed E-state index contributed by atoms with van der Waals surface area (Å²) in [4.78, 5) is 11.8. The summed E-state index contributed by atoms with van der Waals surface area (Å²) in [5.41, 5.74) is 5.21. The van der Waals surface area contributed by atoms with Crippen LogP contribution in [0, 0.1) is 0 Å². The minimum absolute atomic E-state index is 0.338. The molecule has 2 N–H and O–H groups in total. The number of ether oxygens (including phenoxy) is 2. The Hall–Kier alpha value is -1.07. The number of amides is 1. The molecule has 0 spiro atoms. The van der Waals surface area contributed by atoms with Gasteiger partial charge in [0, 0.05) is 11.0 Å². The molecular weight excluding hydrogens is 262 g/mol. The molecule has 1 unspecified atom stereocenters. The minimum Gasteiger partial charge on any atom is -0.486 e. The van der Waals surface area contributed by atoms with Crippen LogP contribution in [0.15, 0.2) is 17.0 Å². The van der Waals surface area contributed by atoms with Gasteiger partial charge in [-0.1, -0.05) is 11.6 Å². The molecule has 1 atom stereocenters. The number of primary amides is 1. The van der Waals surface area contributed by atoms with Gasteiger partial charge in [0.2, 0.25) is 5.91 Å². The highest BCUT2D eigenvalue weighted by Crippen LogP contribution is 2.40. The van der Waals surface area contributed by atoms with Crippen LogP contribution < -0.4 is 15.2 Å². The molecule has 0 saturated carbocycles. The number of hydrogen-bond donors (Lipinski definition) is 1. The van der Waals surface area contributed by atoms with Gasteiger partial charge < -0.3 is 15.2 Å². The maximum Gasteiger partial charge on any atom is 0.230 e. The number of thioether (sulfide) groups is 1. The molecule has 1 aliphatic heterocycles. The van der Waals surface area contributed by atoms with E-state index in [2.05, 4.69) is 0 Å². The Kier molecular flexibility index (Phi) is 3.69. The highest BCUT2D eigenvalue weighted by molar-refractivity contribution is 8.00. The van der Waals surface area contributed by atoms with Gasteiger partial charge in [0.25, 0.3) is 0 Å². The molecule has 0 aliphatic carbocycles. The first-order valence-electron chi connectivity index (χ1n) is 5.13. The zero-order chi connectivity index (χ0) is 12.4. The van der Waals surface area contributed by atoms with E-state index in [1.165, 1.54) is 11.8 Å². The van der Waals surface area contributed by atoms with E-state index in [1.54, 1.807) is 19.1 Å². The van der Waals surface area contributed by atoms with Gasteiger partial charge in [0.05, 0.1) is 10.3 Å². The van der Waals surface area contributed by atoms with Gasteiger partial charge in [-0.05, 0) is 13.0 Å². The molecule has 0 fully saturated rings. The maximum atomic E-state index is 11.0. The van der Waals surface area contributed by atoms with Gasteiger partial charge >= 0.3 is 0 Å². The minimum atomic E-state index is -0.374. The van der Waals surface area contributed by atoms with Gasteiger partial charge in [0.15, 0.2) is 11.5 Å². The Morgan fingerprint density at radius 2 is 2.00 bits per heavy atom. The van der Waals surface area contributed by atoms with Crippen molar-refractivity contribution in [2.45, 2.75) is 17.1 Å². The van der Waals surface area contributed by atoms with Crippen molar-refractivity contribution in [3.8, 4) is 11.5 Å². The van der Waals surface area contributed by atoms with Crippen molar-refractivity contribution in [2.75, 3.05) is 13.2 Å². The van der Waals surface area contributed by atoms with Crippen LogP contribution in [-0.2, 0) is 4.79 Å². The summed E-state index contributed by atoms with van der Waals surface area (Å²) in [6.07, 6.45) is 0. The van der Waals surface area contributed by atoms with E-state index >= 15 is 0 Å². The SMILES string of the molecule is CC(Sc1cc2c(cc1Cl)OCCO2)C(N)=O.